The fraction of sp³-hybridized carbons (Fsp3) is 0.571. The van der Waals surface area contributed by atoms with Crippen LogP contribution in [-0.4, -0.2) is 17.4 Å². The van der Waals surface area contributed by atoms with Gasteiger partial charge >= 0.3 is 6.16 Å². The molecule has 0 saturated heterocycles. The van der Waals surface area contributed by atoms with Crippen LogP contribution in [0.4, 0.5) is 4.79 Å². The maximum absolute atomic E-state index is 9.59. The lowest BCUT2D eigenvalue weighted by Gasteiger charge is -1.99. The molecule has 0 amide bonds. The predicted molar refractivity (Wildman–Crippen MR) is 40.1 cm³/mol. The molecule has 0 aliphatic carbocycles. The summed E-state index contributed by atoms with van der Waals surface area (Å²) in [7, 11) is 0. The molecule has 0 bridgehead atoms. The van der Waals surface area contributed by atoms with Crippen LogP contribution >= 0.6 is 0 Å². The van der Waals surface area contributed by atoms with Gasteiger partial charge in [0.25, 0.3) is 0 Å². The average Bonchev–Trinajstić information content (AvgIpc) is 1.62. The zero-order valence-electron chi connectivity index (χ0n) is 6.63. The van der Waals surface area contributed by atoms with Crippen LogP contribution in [0, 0.1) is 0 Å². The maximum Gasteiger partial charge on any atom is 0.506 e. The lowest BCUT2D eigenvalue weighted by Crippen LogP contribution is -2.07. The number of ether oxygens (including phenoxy) is 1. The number of hydrogen-bond donors (Lipinski definition) is 1. The second-order valence-electron chi connectivity index (χ2n) is 1.84. The average molecular weight is 146 g/mol. The van der Waals surface area contributed by atoms with E-state index in [2.05, 4.69) is 11.3 Å². The molecule has 10 heavy (non-hydrogen) atoms. The molecule has 0 aliphatic heterocycles. The highest BCUT2D eigenvalue weighted by molar-refractivity contribution is 5.56. The third kappa shape index (κ3) is 27.9. The Kier molecular flexibility index (Phi) is 9.42. The minimum absolute atomic E-state index is 0.225. The fourth-order valence-electron chi connectivity index (χ4n) is 0.202. The first-order valence-electron chi connectivity index (χ1n) is 3.01. The van der Waals surface area contributed by atoms with Gasteiger partial charge in [-0.15, -0.1) is 6.58 Å². The fourth-order valence-corrected chi connectivity index (χ4v) is 0.202. The van der Waals surface area contributed by atoms with Gasteiger partial charge in [-0.05, 0) is 20.8 Å². The quantitative estimate of drug-likeness (QED) is 0.456. The van der Waals surface area contributed by atoms with Gasteiger partial charge in [-0.25, -0.2) is 4.79 Å². The molecule has 0 unspecified atom stereocenters. The molecule has 0 rings (SSSR count). The molecule has 0 aromatic heterocycles. The Morgan fingerprint density at radius 2 is 2.00 bits per heavy atom. The van der Waals surface area contributed by atoms with Crippen LogP contribution in [0.1, 0.15) is 20.8 Å². The summed E-state index contributed by atoms with van der Waals surface area (Å²) in [5.41, 5.74) is 0. The Hall–Kier alpha value is -0.990. The Morgan fingerprint density at radius 1 is 1.70 bits per heavy atom. The van der Waals surface area contributed by atoms with Gasteiger partial charge in [-0.2, -0.15) is 0 Å². The van der Waals surface area contributed by atoms with Crippen molar-refractivity contribution in [3.05, 3.63) is 12.7 Å². The highest BCUT2D eigenvalue weighted by Crippen LogP contribution is 1.85. The van der Waals surface area contributed by atoms with Crippen LogP contribution in [0.5, 0.6) is 0 Å². The second-order valence-corrected chi connectivity index (χ2v) is 1.84. The Morgan fingerprint density at radius 3 is 2.00 bits per heavy atom. The highest BCUT2D eigenvalue weighted by atomic mass is 16.7. The Balaban J connectivity index is 0. The molecule has 0 aromatic rings. The first-order chi connectivity index (χ1) is 4.54. The van der Waals surface area contributed by atoms with E-state index in [4.69, 9.17) is 5.11 Å². The van der Waals surface area contributed by atoms with E-state index in [1.54, 1.807) is 19.9 Å². The van der Waals surface area contributed by atoms with Crippen molar-refractivity contribution in [2.24, 2.45) is 0 Å². The monoisotopic (exact) mass is 146 g/mol. The van der Waals surface area contributed by atoms with Gasteiger partial charge in [0, 0.05) is 0 Å². The maximum atomic E-state index is 9.59. The first-order valence-corrected chi connectivity index (χ1v) is 3.01. The molecule has 3 nitrogen and oxygen atoms in total. The van der Waals surface area contributed by atoms with E-state index < -0.39 is 6.16 Å². The van der Waals surface area contributed by atoms with Crippen molar-refractivity contribution >= 4 is 6.16 Å². The summed E-state index contributed by atoms with van der Waals surface area (Å²) in [6.45, 7) is 8.57. The van der Waals surface area contributed by atoms with Crippen molar-refractivity contribution in [2.45, 2.75) is 26.9 Å². The normalized spacial score (nSPS) is 7.60. The molecule has 1 N–H and O–H groups in total. The highest BCUT2D eigenvalue weighted by Gasteiger charge is 1.97. The first kappa shape index (κ1) is 11.8. The second kappa shape index (κ2) is 8.01. The zero-order chi connectivity index (χ0) is 8.57. The number of allylic oxidation sites excluding steroid dienone is 1. The minimum atomic E-state index is -1.21. The third-order valence-electron chi connectivity index (χ3n) is 0.337. The van der Waals surface area contributed by atoms with E-state index >= 15 is 0 Å². The summed E-state index contributed by atoms with van der Waals surface area (Å²) in [5.74, 6) is 0. The summed E-state index contributed by atoms with van der Waals surface area (Å²) >= 11 is 0. The van der Waals surface area contributed by atoms with Gasteiger partial charge in [0.05, 0.1) is 6.10 Å². The van der Waals surface area contributed by atoms with Crippen molar-refractivity contribution in [3.63, 3.8) is 0 Å². The van der Waals surface area contributed by atoms with Crippen molar-refractivity contribution in [1.82, 2.24) is 0 Å². The van der Waals surface area contributed by atoms with E-state index in [1.165, 1.54) is 0 Å². The van der Waals surface area contributed by atoms with Crippen molar-refractivity contribution < 1.29 is 14.6 Å². The van der Waals surface area contributed by atoms with Gasteiger partial charge in [-0.3, -0.25) is 0 Å². The van der Waals surface area contributed by atoms with Crippen LogP contribution in [0.25, 0.3) is 0 Å². The topological polar surface area (TPSA) is 46.5 Å². The molecule has 0 aromatic carbocycles. The summed E-state index contributed by atoms with van der Waals surface area (Å²) in [5, 5.41) is 7.86. The molecule has 60 valence electrons. The Bertz CT molecular complexity index is 97.0. The van der Waals surface area contributed by atoms with Gasteiger partial charge in [0.2, 0.25) is 0 Å². The molecular formula is C7H14O3. The van der Waals surface area contributed by atoms with Gasteiger partial charge in [0.1, 0.15) is 0 Å². The lowest BCUT2D eigenvalue weighted by molar-refractivity contribution is 0.0660. The van der Waals surface area contributed by atoms with Crippen LogP contribution < -0.4 is 0 Å². The SMILES string of the molecule is C=CC.CC(C)OC(=O)O. The molecule has 0 fully saturated rings. The molecule has 0 radical (unpaired) electrons. The molecule has 0 heterocycles. The van der Waals surface area contributed by atoms with E-state index in [1.807, 2.05) is 6.92 Å². The van der Waals surface area contributed by atoms with E-state index in [9.17, 15) is 4.79 Å². The van der Waals surface area contributed by atoms with E-state index in [0.717, 1.165) is 0 Å². The smallest absolute Gasteiger partial charge is 0.450 e. The van der Waals surface area contributed by atoms with E-state index in [-0.39, 0.29) is 6.10 Å². The largest absolute Gasteiger partial charge is 0.506 e. The molecular weight excluding hydrogens is 132 g/mol. The summed E-state index contributed by atoms with van der Waals surface area (Å²) in [6.07, 6.45) is 0.312. The van der Waals surface area contributed by atoms with Crippen LogP contribution in [0.3, 0.4) is 0 Å². The third-order valence-corrected chi connectivity index (χ3v) is 0.337. The predicted octanol–water partition coefficient (Wildman–Crippen LogP) is 2.28. The standard InChI is InChI=1S/C4H8O3.C3H6/c1-3(2)7-4(5)6;1-3-2/h3H,1-2H3,(H,5,6);3H,1H2,2H3. The molecule has 0 spiro atoms. The zero-order valence-corrected chi connectivity index (χ0v) is 6.63. The van der Waals surface area contributed by atoms with E-state index in [0.29, 0.717) is 0 Å². The number of carbonyl (C=O) groups is 1. The van der Waals surface area contributed by atoms with Crippen molar-refractivity contribution in [1.29, 1.82) is 0 Å². The van der Waals surface area contributed by atoms with Crippen molar-refractivity contribution in [2.75, 3.05) is 0 Å². The van der Waals surface area contributed by atoms with Gasteiger partial charge in [-0.1, -0.05) is 6.08 Å². The molecule has 3 heteroatoms. The lowest BCUT2D eigenvalue weighted by atomic mass is 10.5. The van der Waals surface area contributed by atoms with Gasteiger partial charge < -0.3 is 9.84 Å². The van der Waals surface area contributed by atoms with Crippen LogP contribution in [0.15, 0.2) is 12.7 Å². The summed E-state index contributed by atoms with van der Waals surface area (Å²) in [4.78, 5) is 9.59. The summed E-state index contributed by atoms with van der Waals surface area (Å²) < 4.78 is 4.17. The molecule has 0 saturated carbocycles. The Labute approximate surface area is 61.3 Å². The summed E-state index contributed by atoms with van der Waals surface area (Å²) in [6, 6.07) is 0. The number of carboxylic acid groups (broad SMARTS) is 1. The van der Waals surface area contributed by atoms with Crippen LogP contribution in [0.2, 0.25) is 0 Å². The van der Waals surface area contributed by atoms with Crippen molar-refractivity contribution in [3.8, 4) is 0 Å². The number of rotatable bonds is 1. The van der Waals surface area contributed by atoms with Gasteiger partial charge in [0.15, 0.2) is 0 Å². The minimum Gasteiger partial charge on any atom is -0.450 e. The molecule has 0 atom stereocenters. The number of hydrogen-bond acceptors (Lipinski definition) is 2. The van der Waals surface area contributed by atoms with Crippen LogP contribution in [-0.2, 0) is 4.74 Å². The molecule has 0 aliphatic rings.